The molecule has 1 aromatic heterocycles. The first-order chi connectivity index (χ1) is 10.5. The summed E-state index contributed by atoms with van der Waals surface area (Å²) in [5, 5.41) is 12.5. The number of rotatable bonds is 5. The molecule has 9 heteroatoms. The Bertz CT molecular complexity index is 646. The second-order valence-electron chi connectivity index (χ2n) is 5.78. The van der Waals surface area contributed by atoms with Gasteiger partial charge in [-0.3, -0.25) is 4.79 Å². The molecule has 0 unspecified atom stereocenters. The SMILES string of the molecule is CCS(=O)(=O)N1CCC(C(=O)Nc2nnc(C3CC3)s2)CC1. The summed E-state index contributed by atoms with van der Waals surface area (Å²) in [6.45, 7) is 2.47. The van der Waals surface area contributed by atoms with E-state index in [0.29, 0.717) is 37.0 Å². The van der Waals surface area contributed by atoms with E-state index in [0.717, 1.165) is 17.8 Å². The Balaban J connectivity index is 1.53. The second-order valence-corrected chi connectivity index (χ2v) is 9.05. The Morgan fingerprint density at radius 2 is 1.95 bits per heavy atom. The van der Waals surface area contributed by atoms with Crippen LogP contribution in [-0.4, -0.2) is 47.7 Å². The fourth-order valence-corrected chi connectivity index (χ4v) is 4.61. The van der Waals surface area contributed by atoms with Gasteiger partial charge in [-0.25, -0.2) is 12.7 Å². The molecule has 1 aliphatic carbocycles. The number of hydrogen-bond donors (Lipinski definition) is 1. The maximum atomic E-state index is 12.2. The van der Waals surface area contributed by atoms with Crippen LogP contribution in [0.4, 0.5) is 5.13 Å². The second kappa shape index (κ2) is 6.21. The van der Waals surface area contributed by atoms with Crippen LogP contribution in [-0.2, 0) is 14.8 Å². The van der Waals surface area contributed by atoms with Crippen molar-refractivity contribution in [3.63, 3.8) is 0 Å². The number of anilines is 1. The Hall–Kier alpha value is -1.06. The van der Waals surface area contributed by atoms with E-state index in [9.17, 15) is 13.2 Å². The molecular weight excluding hydrogens is 324 g/mol. The number of nitrogens with zero attached hydrogens (tertiary/aromatic N) is 3. The van der Waals surface area contributed by atoms with Crippen LogP contribution in [0.5, 0.6) is 0 Å². The van der Waals surface area contributed by atoms with Crippen LogP contribution in [0.3, 0.4) is 0 Å². The third kappa shape index (κ3) is 3.47. The molecule has 22 heavy (non-hydrogen) atoms. The molecule has 1 N–H and O–H groups in total. The molecule has 0 spiro atoms. The number of amides is 1. The highest BCUT2D eigenvalue weighted by atomic mass is 32.2. The minimum atomic E-state index is -3.15. The molecule has 1 aromatic rings. The largest absolute Gasteiger partial charge is 0.300 e. The van der Waals surface area contributed by atoms with E-state index in [1.165, 1.54) is 15.6 Å². The quantitative estimate of drug-likeness (QED) is 0.872. The van der Waals surface area contributed by atoms with Gasteiger partial charge in [-0.1, -0.05) is 11.3 Å². The van der Waals surface area contributed by atoms with E-state index in [2.05, 4.69) is 15.5 Å². The smallest absolute Gasteiger partial charge is 0.229 e. The first kappa shape index (κ1) is 15.8. The van der Waals surface area contributed by atoms with Gasteiger partial charge in [-0.15, -0.1) is 10.2 Å². The Morgan fingerprint density at radius 3 is 2.55 bits per heavy atom. The molecule has 3 rings (SSSR count). The normalized spacial score (nSPS) is 21.0. The van der Waals surface area contributed by atoms with Crippen LogP contribution in [0.2, 0.25) is 0 Å². The zero-order valence-corrected chi connectivity index (χ0v) is 14.1. The predicted octanol–water partition coefficient (Wildman–Crippen LogP) is 1.42. The lowest BCUT2D eigenvalue weighted by Gasteiger charge is -2.29. The fourth-order valence-electron chi connectivity index (χ4n) is 2.57. The highest BCUT2D eigenvalue weighted by Crippen LogP contribution is 2.42. The van der Waals surface area contributed by atoms with Crippen LogP contribution in [0.15, 0.2) is 0 Å². The molecule has 2 aliphatic rings. The molecule has 1 aliphatic heterocycles. The predicted molar refractivity (Wildman–Crippen MR) is 84.3 cm³/mol. The van der Waals surface area contributed by atoms with Crippen molar-refractivity contribution >= 4 is 32.4 Å². The Kier molecular flexibility index (Phi) is 4.47. The van der Waals surface area contributed by atoms with Crippen molar-refractivity contribution in [1.29, 1.82) is 0 Å². The van der Waals surface area contributed by atoms with Crippen molar-refractivity contribution in [2.45, 2.75) is 38.5 Å². The molecule has 1 saturated heterocycles. The third-order valence-electron chi connectivity index (χ3n) is 4.18. The number of hydrogen-bond acceptors (Lipinski definition) is 6. The van der Waals surface area contributed by atoms with E-state index >= 15 is 0 Å². The molecule has 0 aromatic carbocycles. The zero-order chi connectivity index (χ0) is 15.7. The summed E-state index contributed by atoms with van der Waals surface area (Å²) in [7, 11) is -3.15. The average molecular weight is 344 g/mol. The van der Waals surface area contributed by atoms with Gasteiger partial charge in [0.05, 0.1) is 5.75 Å². The lowest BCUT2D eigenvalue weighted by molar-refractivity contribution is -0.120. The summed E-state index contributed by atoms with van der Waals surface area (Å²) in [4.78, 5) is 12.2. The lowest BCUT2D eigenvalue weighted by Crippen LogP contribution is -2.42. The molecule has 1 saturated carbocycles. The van der Waals surface area contributed by atoms with E-state index < -0.39 is 10.0 Å². The molecule has 0 bridgehead atoms. The van der Waals surface area contributed by atoms with Crippen molar-refractivity contribution < 1.29 is 13.2 Å². The van der Waals surface area contributed by atoms with Gasteiger partial charge < -0.3 is 5.32 Å². The minimum absolute atomic E-state index is 0.0768. The zero-order valence-electron chi connectivity index (χ0n) is 12.5. The van der Waals surface area contributed by atoms with Crippen molar-refractivity contribution in [3.8, 4) is 0 Å². The van der Waals surface area contributed by atoms with Crippen molar-refractivity contribution in [2.75, 3.05) is 24.2 Å². The van der Waals surface area contributed by atoms with Crippen molar-refractivity contribution in [3.05, 3.63) is 5.01 Å². The number of sulfonamides is 1. The first-order valence-corrected chi connectivity index (χ1v) is 10.0. The summed E-state index contributed by atoms with van der Waals surface area (Å²) >= 11 is 1.44. The fraction of sp³-hybridized carbons (Fsp3) is 0.769. The molecule has 122 valence electrons. The Labute approximate surface area is 134 Å². The summed E-state index contributed by atoms with van der Waals surface area (Å²) in [5.41, 5.74) is 0. The van der Waals surface area contributed by atoms with Crippen molar-refractivity contribution in [1.82, 2.24) is 14.5 Å². The number of nitrogens with one attached hydrogen (secondary N) is 1. The highest BCUT2D eigenvalue weighted by molar-refractivity contribution is 7.89. The molecule has 2 fully saturated rings. The van der Waals surface area contributed by atoms with Crippen LogP contribution >= 0.6 is 11.3 Å². The van der Waals surface area contributed by atoms with Gasteiger partial charge in [0.15, 0.2) is 0 Å². The van der Waals surface area contributed by atoms with Gasteiger partial charge in [-0.2, -0.15) is 0 Å². The monoisotopic (exact) mass is 344 g/mol. The van der Waals surface area contributed by atoms with Gasteiger partial charge in [0, 0.05) is 24.9 Å². The topological polar surface area (TPSA) is 92.3 Å². The summed E-state index contributed by atoms with van der Waals surface area (Å²) in [6.07, 6.45) is 3.43. The maximum absolute atomic E-state index is 12.2. The number of carbonyl (C=O) groups excluding carboxylic acids is 1. The van der Waals surface area contributed by atoms with Gasteiger partial charge in [0.25, 0.3) is 0 Å². The molecule has 2 heterocycles. The Morgan fingerprint density at radius 1 is 1.27 bits per heavy atom. The van der Waals surface area contributed by atoms with Crippen LogP contribution < -0.4 is 5.32 Å². The first-order valence-electron chi connectivity index (χ1n) is 7.61. The molecule has 7 nitrogen and oxygen atoms in total. The average Bonchev–Trinajstić information content (AvgIpc) is 3.27. The van der Waals surface area contributed by atoms with Crippen LogP contribution in [0.1, 0.15) is 43.5 Å². The summed E-state index contributed by atoms with van der Waals surface area (Å²) in [6, 6.07) is 0. The van der Waals surface area contributed by atoms with Gasteiger partial charge in [0.1, 0.15) is 5.01 Å². The highest BCUT2D eigenvalue weighted by Gasteiger charge is 2.31. The molecular formula is C13H20N4O3S2. The van der Waals surface area contributed by atoms with E-state index in [4.69, 9.17) is 0 Å². The van der Waals surface area contributed by atoms with Gasteiger partial charge in [-0.05, 0) is 32.6 Å². The number of piperidine rings is 1. The van der Waals surface area contributed by atoms with Gasteiger partial charge in [0.2, 0.25) is 21.1 Å². The third-order valence-corrected chi connectivity index (χ3v) is 7.06. The molecule has 0 atom stereocenters. The lowest BCUT2D eigenvalue weighted by atomic mass is 9.97. The number of carbonyl (C=O) groups is 1. The van der Waals surface area contributed by atoms with Gasteiger partial charge >= 0.3 is 0 Å². The van der Waals surface area contributed by atoms with E-state index in [1.807, 2.05) is 0 Å². The van der Waals surface area contributed by atoms with E-state index in [1.54, 1.807) is 6.92 Å². The molecule has 0 radical (unpaired) electrons. The summed E-state index contributed by atoms with van der Waals surface area (Å²) < 4.78 is 25.1. The molecule has 1 amide bonds. The minimum Gasteiger partial charge on any atom is -0.300 e. The summed E-state index contributed by atoms with van der Waals surface area (Å²) in [5.74, 6) is 0.410. The van der Waals surface area contributed by atoms with Crippen LogP contribution in [0.25, 0.3) is 0 Å². The standard InChI is InChI=1S/C13H20N4O3S2/c1-2-22(19,20)17-7-5-9(6-8-17)11(18)14-13-16-15-12(21-13)10-3-4-10/h9-10H,2-8H2,1H3,(H,14,16,18). The van der Waals surface area contributed by atoms with E-state index in [-0.39, 0.29) is 17.6 Å². The van der Waals surface area contributed by atoms with Crippen LogP contribution in [0, 0.1) is 5.92 Å². The van der Waals surface area contributed by atoms with Crippen molar-refractivity contribution in [2.24, 2.45) is 5.92 Å². The number of aromatic nitrogens is 2. The maximum Gasteiger partial charge on any atom is 0.229 e.